The fraction of sp³-hybridized carbons (Fsp3) is 0.0769. The van der Waals surface area contributed by atoms with Crippen LogP contribution in [0.15, 0.2) is 84.9 Å². The molecule has 2 aliphatic heterocycles. The first-order valence-corrected chi connectivity index (χ1v) is 11.6. The van der Waals surface area contributed by atoms with Crippen LogP contribution in [0, 0.1) is 0 Å². The second-order valence-corrected chi connectivity index (χ2v) is 9.78. The summed E-state index contributed by atoms with van der Waals surface area (Å²) in [6, 6.07) is 27.5. The van der Waals surface area contributed by atoms with Crippen LogP contribution in [0.4, 0.5) is 11.4 Å². The van der Waals surface area contributed by atoms with Gasteiger partial charge < -0.3 is 10.6 Å². The van der Waals surface area contributed by atoms with Crippen molar-refractivity contribution >= 4 is 57.8 Å². The molecule has 0 saturated carbocycles. The molecule has 6 rings (SSSR count). The van der Waals surface area contributed by atoms with Crippen molar-refractivity contribution in [1.82, 2.24) is 0 Å². The van der Waals surface area contributed by atoms with Gasteiger partial charge in [-0.15, -0.1) is 0 Å². The second kappa shape index (κ2) is 7.07. The Kier molecular flexibility index (Phi) is 4.48. The van der Waals surface area contributed by atoms with Crippen molar-refractivity contribution in [2.24, 2.45) is 0 Å². The van der Waals surface area contributed by atoms with E-state index in [9.17, 15) is 0 Å². The molecule has 0 amide bonds. The number of fused-ring (bicyclic) bond motifs is 5. The van der Waals surface area contributed by atoms with Gasteiger partial charge in [-0.3, -0.25) is 0 Å². The first-order chi connectivity index (χ1) is 15.5. The third-order valence-electron chi connectivity index (χ3n) is 6.53. The van der Waals surface area contributed by atoms with E-state index in [1.54, 1.807) is 0 Å². The van der Waals surface area contributed by atoms with Crippen molar-refractivity contribution in [1.29, 1.82) is 0 Å². The van der Waals surface area contributed by atoms with Gasteiger partial charge in [0.1, 0.15) is 11.1 Å². The van der Waals surface area contributed by atoms with Crippen LogP contribution < -0.4 is 10.6 Å². The summed E-state index contributed by atoms with van der Waals surface area (Å²) in [6.45, 7) is 0. The fourth-order valence-electron chi connectivity index (χ4n) is 5.36. The van der Waals surface area contributed by atoms with Crippen LogP contribution in [0.1, 0.15) is 22.3 Å². The van der Waals surface area contributed by atoms with Crippen molar-refractivity contribution in [3.05, 3.63) is 127 Å². The molecule has 4 aromatic rings. The van der Waals surface area contributed by atoms with Crippen molar-refractivity contribution in [2.75, 3.05) is 10.6 Å². The summed E-state index contributed by atoms with van der Waals surface area (Å²) in [7, 11) is 0. The molecule has 4 aromatic carbocycles. The third-order valence-corrected chi connectivity index (χ3v) is 7.66. The summed E-state index contributed by atoms with van der Waals surface area (Å²) in [5.74, 6) is 0. The van der Waals surface area contributed by atoms with Crippen molar-refractivity contribution in [2.45, 2.75) is 11.1 Å². The molecule has 0 fully saturated rings. The van der Waals surface area contributed by atoms with Gasteiger partial charge in [0.2, 0.25) is 0 Å². The van der Waals surface area contributed by atoms with E-state index in [4.69, 9.17) is 46.4 Å². The first-order valence-electron chi connectivity index (χ1n) is 10.1. The van der Waals surface area contributed by atoms with Crippen LogP contribution in [-0.2, 0) is 11.1 Å². The molecule has 158 valence electrons. The second-order valence-electron chi connectivity index (χ2n) is 8.09. The van der Waals surface area contributed by atoms with E-state index in [2.05, 4.69) is 10.6 Å². The van der Waals surface area contributed by atoms with Gasteiger partial charge in [-0.1, -0.05) is 82.8 Å². The molecule has 32 heavy (non-hydrogen) atoms. The highest BCUT2D eigenvalue weighted by molar-refractivity contribution is 6.33. The lowest BCUT2D eigenvalue weighted by Crippen LogP contribution is -2.52. The van der Waals surface area contributed by atoms with E-state index in [0.29, 0.717) is 20.1 Å². The van der Waals surface area contributed by atoms with Crippen molar-refractivity contribution in [3.8, 4) is 0 Å². The van der Waals surface area contributed by atoms with Crippen LogP contribution in [0.3, 0.4) is 0 Å². The zero-order valence-corrected chi connectivity index (χ0v) is 19.6. The summed E-state index contributed by atoms with van der Waals surface area (Å²) in [4.78, 5) is 0. The Labute approximate surface area is 206 Å². The number of hydrogen-bond donors (Lipinski definition) is 2. The number of nitrogens with one attached hydrogen (secondary N) is 2. The normalized spacial score (nSPS) is 22.5. The van der Waals surface area contributed by atoms with Gasteiger partial charge in [0.25, 0.3) is 0 Å². The minimum atomic E-state index is -0.816. The molecule has 2 heterocycles. The summed E-state index contributed by atoms with van der Waals surface area (Å²) in [5, 5.41) is 10.2. The maximum absolute atomic E-state index is 6.88. The molecule has 2 nitrogen and oxygen atoms in total. The van der Waals surface area contributed by atoms with E-state index in [1.807, 2.05) is 84.9 Å². The van der Waals surface area contributed by atoms with Crippen LogP contribution in [-0.4, -0.2) is 0 Å². The summed E-state index contributed by atoms with van der Waals surface area (Å²) < 4.78 is 0. The number of halogens is 4. The molecule has 2 atom stereocenters. The van der Waals surface area contributed by atoms with Crippen LogP contribution in [0.2, 0.25) is 20.1 Å². The molecule has 0 spiro atoms. The number of rotatable bonds is 2. The molecule has 0 bridgehead atoms. The van der Waals surface area contributed by atoms with Crippen LogP contribution in [0.25, 0.3) is 0 Å². The molecular weight excluding hydrogens is 482 g/mol. The minimum absolute atomic E-state index is 0.641. The monoisotopic (exact) mass is 496 g/mol. The molecule has 6 heteroatoms. The summed E-state index contributed by atoms with van der Waals surface area (Å²) >= 11 is 26.8. The van der Waals surface area contributed by atoms with E-state index in [1.165, 1.54) is 0 Å². The zero-order chi connectivity index (χ0) is 22.1. The average molecular weight is 498 g/mol. The van der Waals surface area contributed by atoms with Crippen molar-refractivity contribution in [3.63, 3.8) is 0 Å². The maximum atomic E-state index is 6.88. The Morgan fingerprint density at radius 1 is 0.469 bits per heavy atom. The number of anilines is 2. The Morgan fingerprint density at radius 3 is 1.28 bits per heavy atom. The highest BCUT2D eigenvalue weighted by Crippen LogP contribution is 2.66. The lowest BCUT2D eigenvalue weighted by molar-refractivity contribution is 0.440. The first kappa shape index (κ1) is 20.3. The molecule has 2 aliphatic rings. The number of benzene rings is 4. The smallest absolute Gasteiger partial charge is 0.124 e. The Bertz CT molecular complexity index is 1300. The Hall–Kier alpha value is -2.36. The largest absolute Gasteiger partial charge is 0.369 e. The summed E-state index contributed by atoms with van der Waals surface area (Å²) in [6.07, 6.45) is 0. The Morgan fingerprint density at radius 2 is 0.875 bits per heavy atom. The van der Waals surface area contributed by atoms with Gasteiger partial charge in [0.05, 0.1) is 0 Å². The van der Waals surface area contributed by atoms with E-state index in [-0.39, 0.29) is 0 Å². The molecular formula is C26H16Cl4N2. The van der Waals surface area contributed by atoms with Crippen molar-refractivity contribution < 1.29 is 0 Å². The molecule has 0 radical (unpaired) electrons. The van der Waals surface area contributed by atoms with E-state index in [0.717, 1.165) is 33.6 Å². The maximum Gasteiger partial charge on any atom is 0.124 e. The average Bonchev–Trinajstić information content (AvgIpc) is 3.22. The SMILES string of the molecule is Clc1ccc2c(c1)C1(c3ccccc3Cl)Nc3ccc(Cl)cc3C1(c1ccccc1Cl)N2. The van der Waals surface area contributed by atoms with Crippen LogP contribution >= 0.6 is 46.4 Å². The van der Waals surface area contributed by atoms with E-state index < -0.39 is 11.1 Å². The van der Waals surface area contributed by atoms with Gasteiger partial charge >= 0.3 is 0 Å². The lowest BCUT2D eigenvalue weighted by Gasteiger charge is -2.43. The quantitative estimate of drug-likeness (QED) is 0.290. The third kappa shape index (κ3) is 2.50. The van der Waals surface area contributed by atoms with Crippen LogP contribution in [0.5, 0.6) is 0 Å². The van der Waals surface area contributed by atoms with Gasteiger partial charge in [0.15, 0.2) is 0 Å². The topological polar surface area (TPSA) is 24.1 Å². The standard InChI is InChI=1S/C26H16Cl4N2/c27-15-9-11-23-19(13-15)25(17-5-1-3-7-21(17)29)26(32-23,18-6-2-4-8-22(18)30)20-14-16(28)10-12-24(20)31-25/h1-14,31-32H. The predicted octanol–water partition coefficient (Wildman–Crippen LogP) is 8.34. The zero-order valence-electron chi connectivity index (χ0n) is 16.6. The Balaban J connectivity index is 1.83. The molecule has 2 N–H and O–H groups in total. The van der Waals surface area contributed by atoms with Gasteiger partial charge in [-0.05, 0) is 48.5 Å². The molecule has 0 saturated heterocycles. The van der Waals surface area contributed by atoms with E-state index >= 15 is 0 Å². The predicted molar refractivity (Wildman–Crippen MR) is 135 cm³/mol. The fourth-order valence-corrected chi connectivity index (χ4v) is 6.26. The minimum Gasteiger partial charge on any atom is -0.369 e. The molecule has 0 aliphatic carbocycles. The number of hydrogen-bond acceptors (Lipinski definition) is 2. The lowest BCUT2D eigenvalue weighted by atomic mass is 9.66. The van der Waals surface area contributed by atoms with Gasteiger partial charge in [-0.25, -0.2) is 0 Å². The highest BCUT2D eigenvalue weighted by atomic mass is 35.5. The molecule has 2 unspecified atom stereocenters. The van der Waals surface area contributed by atoms with Gasteiger partial charge in [-0.2, -0.15) is 0 Å². The highest BCUT2D eigenvalue weighted by Gasteiger charge is 2.66. The summed E-state index contributed by atoms with van der Waals surface area (Å²) in [5.41, 5.74) is 4.09. The molecule has 0 aromatic heterocycles. The van der Waals surface area contributed by atoms with Gasteiger partial charge in [0, 0.05) is 53.7 Å².